The average Bonchev–Trinajstić information content (AvgIpc) is 2.98. The molecule has 70 valence electrons. The summed E-state index contributed by atoms with van der Waals surface area (Å²) >= 11 is 0. The second-order valence-electron chi connectivity index (χ2n) is 3.47. The molecule has 2 heterocycles. The number of rotatable bonds is 2. The summed E-state index contributed by atoms with van der Waals surface area (Å²) in [6.45, 7) is 0. The molecule has 0 unspecified atom stereocenters. The van der Waals surface area contributed by atoms with Crippen molar-refractivity contribution in [3.63, 3.8) is 0 Å². The molecule has 4 heteroatoms. The Morgan fingerprint density at radius 3 is 3.00 bits per heavy atom. The van der Waals surface area contributed by atoms with E-state index in [9.17, 15) is 0 Å². The third-order valence-electron chi connectivity index (χ3n) is 2.29. The van der Waals surface area contributed by atoms with Gasteiger partial charge in [-0.2, -0.15) is 4.98 Å². The van der Waals surface area contributed by atoms with Gasteiger partial charge in [-0.3, -0.25) is 4.98 Å². The van der Waals surface area contributed by atoms with Gasteiger partial charge in [0.1, 0.15) is 0 Å². The van der Waals surface area contributed by atoms with E-state index in [1.807, 2.05) is 12.1 Å². The second-order valence-corrected chi connectivity index (χ2v) is 3.47. The Morgan fingerprint density at radius 2 is 2.29 bits per heavy atom. The molecule has 0 aromatic carbocycles. The van der Waals surface area contributed by atoms with Crippen LogP contribution in [0.4, 0.5) is 0 Å². The lowest BCUT2D eigenvalue weighted by Crippen LogP contribution is -1.82. The standard InChI is InChI=1S/C10H9N3O/c1-2-8(6-11-5-1)10-12-9(13-14-10)7-3-4-7/h1-2,5-7H,3-4H2. The molecular weight excluding hydrogens is 178 g/mol. The van der Waals surface area contributed by atoms with E-state index in [2.05, 4.69) is 15.1 Å². The Labute approximate surface area is 81.0 Å². The average molecular weight is 187 g/mol. The van der Waals surface area contributed by atoms with Crippen molar-refractivity contribution in [3.05, 3.63) is 30.4 Å². The van der Waals surface area contributed by atoms with Gasteiger partial charge >= 0.3 is 0 Å². The number of aromatic nitrogens is 3. The molecule has 0 bridgehead atoms. The topological polar surface area (TPSA) is 51.8 Å². The first kappa shape index (κ1) is 7.67. The van der Waals surface area contributed by atoms with Gasteiger partial charge in [0, 0.05) is 18.3 Å². The van der Waals surface area contributed by atoms with Crippen molar-refractivity contribution in [2.75, 3.05) is 0 Å². The molecule has 4 nitrogen and oxygen atoms in total. The SMILES string of the molecule is c1cncc(-c2nc(C3CC3)no2)c1. The summed E-state index contributed by atoms with van der Waals surface area (Å²) in [6.07, 6.45) is 5.82. The molecule has 1 aliphatic carbocycles. The third kappa shape index (κ3) is 1.28. The molecule has 0 amide bonds. The summed E-state index contributed by atoms with van der Waals surface area (Å²) in [5.41, 5.74) is 0.881. The van der Waals surface area contributed by atoms with Crippen molar-refractivity contribution in [3.8, 4) is 11.5 Å². The molecule has 3 rings (SSSR count). The Balaban J connectivity index is 1.96. The van der Waals surface area contributed by atoms with Crippen LogP contribution < -0.4 is 0 Å². The van der Waals surface area contributed by atoms with Crippen molar-refractivity contribution >= 4 is 0 Å². The van der Waals surface area contributed by atoms with Crippen LogP contribution in [0.15, 0.2) is 29.0 Å². The van der Waals surface area contributed by atoms with E-state index in [-0.39, 0.29) is 0 Å². The molecule has 1 fully saturated rings. The monoisotopic (exact) mass is 187 g/mol. The smallest absolute Gasteiger partial charge is 0.259 e. The molecule has 0 atom stereocenters. The van der Waals surface area contributed by atoms with Crippen LogP contribution in [0.5, 0.6) is 0 Å². The van der Waals surface area contributed by atoms with Gasteiger partial charge < -0.3 is 4.52 Å². The molecular formula is C10H9N3O. The van der Waals surface area contributed by atoms with Crippen molar-refractivity contribution < 1.29 is 4.52 Å². The highest BCUT2D eigenvalue weighted by Gasteiger charge is 2.28. The lowest BCUT2D eigenvalue weighted by molar-refractivity contribution is 0.422. The Kier molecular flexibility index (Phi) is 1.59. The van der Waals surface area contributed by atoms with Crippen molar-refractivity contribution in [2.45, 2.75) is 18.8 Å². The summed E-state index contributed by atoms with van der Waals surface area (Å²) in [5.74, 6) is 1.94. The summed E-state index contributed by atoms with van der Waals surface area (Å²) in [4.78, 5) is 8.33. The van der Waals surface area contributed by atoms with Gasteiger partial charge in [0.15, 0.2) is 5.82 Å². The maximum absolute atomic E-state index is 5.15. The molecule has 0 radical (unpaired) electrons. The first-order valence-electron chi connectivity index (χ1n) is 4.67. The summed E-state index contributed by atoms with van der Waals surface area (Å²) in [7, 11) is 0. The molecule has 1 aliphatic rings. The molecule has 0 N–H and O–H groups in total. The van der Waals surface area contributed by atoms with Gasteiger partial charge in [-0.15, -0.1) is 0 Å². The highest BCUT2D eigenvalue weighted by molar-refractivity contribution is 5.50. The van der Waals surface area contributed by atoms with E-state index in [0.29, 0.717) is 11.8 Å². The van der Waals surface area contributed by atoms with Gasteiger partial charge in [-0.05, 0) is 25.0 Å². The lowest BCUT2D eigenvalue weighted by Gasteiger charge is -1.89. The molecule has 14 heavy (non-hydrogen) atoms. The van der Waals surface area contributed by atoms with Crippen LogP contribution in [-0.2, 0) is 0 Å². The predicted octanol–water partition coefficient (Wildman–Crippen LogP) is 2.01. The van der Waals surface area contributed by atoms with Gasteiger partial charge in [0.2, 0.25) is 0 Å². The maximum atomic E-state index is 5.15. The van der Waals surface area contributed by atoms with Crippen molar-refractivity contribution in [1.82, 2.24) is 15.1 Å². The first-order valence-corrected chi connectivity index (χ1v) is 4.67. The second kappa shape index (κ2) is 2.90. The van der Waals surface area contributed by atoms with Crippen LogP contribution in [0.1, 0.15) is 24.6 Å². The minimum atomic E-state index is 0.532. The molecule has 2 aromatic heterocycles. The van der Waals surface area contributed by atoms with Crippen molar-refractivity contribution in [2.24, 2.45) is 0 Å². The predicted molar refractivity (Wildman–Crippen MR) is 49.5 cm³/mol. The molecule has 2 aromatic rings. The Bertz CT molecular complexity index is 434. The fourth-order valence-electron chi connectivity index (χ4n) is 1.35. The molecule has 0 aliphatic heterocycles. The van der Waals surface area contributed by atoms with Crippen LogP contribution >= 0.6 is 0 Å². The minimum Gasteiger partial charge on any atom is -0.334 e. The molecule has 1 saturated carbocycles. The van der Waals surface area contributed by atoms with Crippen LogP contribution in [0.25, 0.3) is 11.5 Å². The van der Waals surface area contributed by atoms with Crippen LogP contribution in [0.3, 0.4) is 0 Å². The van der Waals surface area contributed by atoms with E-state index in [4.69, 9.17) is 4.52 Å². The Hall–Kier alpha value is -1.71. The van der Waals surface area contributed by atoms with Crippen LogP contribution in [-0.4, -0.2) is 15.1 Å². The number of hydrogen-bond donors (Lipinski definition) is 0. The molecule has 0 saturated heterocycles. The molecule has 0 spiro atoms. The summed E-state index contributed by atoms with van der Waals surface area (Å²) in [5, 5.41) is 3.94. The van der Waals surface area contributed by atoms with Crippen molar-refractivity contribution in [1.29, 1.82) is 0 Å². The minimum absolute atomic E-state index is 0.532. The third-order valence-corrected chi connectivity index (χ3v) is 2.29. The van der Waals surface area contributed by atoms with Crippen LogP contribution in [0, 0.1) is 0 Å². The fraction of sp³-hybridized carbons (Fsp3) is 0.300. The zero-order valence-corrected chi connectivity index (χ0v) is 7.55. The Morgan fingerprint density at radius 1 is 1.36 bits per heavy atom. The summed E-state index contributed by atoms with van der Waals surface area (Å²) < 4.78 is 5.15. The number of nitrogens with zero attached hydrogens (tertiary/aromatic N) is 3. The van der Waals surface area contributed by atoms with E-state index in [1.54, 1.807) is 12.4 Å². The largest absolute Gasteiger partial charge is 0.334 e. The normalized spacial score (nSPS) is 15.7. The first-order chi connectivity index (χ1) is 6.93. The lowest BCUT2D eigenvalue weighted by atomic mass is 10.3. The summed E-state index contributed by atoms with van der Waals surface area (Å²) in [6, 6.07) is 3.77. The fourth-order valence-corrected chi connectivity index (χ4v) is 1.35. The number of pyridine rings is 1. The van der Waals surface area contributed by atoms with E-state index >= 15 is 0 Å². The number of hydrogen-bond acceptors (Lipinski definition) is 4. The highest BCUT2D eigenvalue weighted by Crippen LogP contribution is 2.38. The van der Waals surface area contributed by atoms with E-state index in [1.165, 1.54) is 12.8 Å². The zero-order chi connectivity index (χ0) is 9.38. The van der Waals surface area contributed by atoms with Crippen LogP contribution in [0.2, 0.25) is 0 Å². The van der Waals surface area contributed by atoms with Gasteiger partial charge in [-0.1, -0.05) is 5.16 Å². The quantitative estimate of drug-likeness (QED) is 0.721. The van der Waals surface area contributed by atoms with E-state index in [0.717, 1.165) is 11.4 Å². The van der Waals surface area contributed by atoms with Gasteiger partial charge in [0.05, 0.1) is 5.56 Å². The maximum Gasteiger partial charge on any atom is 0.259 e. The van der Waals surface area contributed by atoms with E-state index < -0.39 is 0 Å². The highest BCUT2D eigenvalue weighted by atomic mass is 16.5. The van der Waals surface area contributed by atoms with Gasteiger partial charge in [0.25, 0.3) is 5.89 Å². The van der Waals surface area contributed by atoms with Gasteiger partial charge in [-0.25, -0.2) is 0 Å². The zero-order valence-electron chi connectivity index (χ0n) is 7.55.